The van der Waals surface area contributed by atoms with E-state index in [1.54, 1.807) is 19.2 Å². The molecule has 0 spiro atoms. The Morgan fingerprint density at radius 3 is 2.23 bits per heavy atom. The quantitative estimate of drug-likeness (QED) is 0.227. The van der Waals surface area contributed by atoms with Gasteiger partial charge >= 0.3 is 0 Å². The van der Waals surface area contributed by atoms with Crippen LogP contribution < -0.4 is 15.4 Å². The number of hydrogen-bond acceptors (Lipinski definition) is 3. The second kappa shape index (κ2) is 13.8. The lowest BCUT2D eigenvalue weighted by atomic mass is 10.1. The van der Waals surface area contributed by atoms with Gasteiger partial charge in [0, 0.05) is 33.7 Å². The van der Waals surface area contributed by atoms with Gasteiger partial charge < -0.3 is 20.3 Å². The maximum atomic E-state index is 12.9. The minimum atomic E-state index is -0.306. The van der Waals surface area contributed by atoms with E-state index in [-0.39, 0.29) is 42.1 Å². The fourth-order valence-corrected chi connectivity index (χ4v) is 2.82. The van der Waals surface area contributed by atoms with Crippen molar-refractivity contribution < 1.29 is 13.9 Å². The molecule has 8 heteroatoms. The van der Waals surface area contributed by atoms with Gasteiger partial charge in [0.1, 0.15) is 11.6 Å². The van der Waals surface area contributed by atoms with Gasteiger partial charge in [0.2, 0.25) is 5.91 Å². The Balaban J connectivity index is 0.00000450. The molecule has 0 atom stereocenters. The number of benzene rings is 2. The van der Waals surface area contributed by atoms with E-state index in [4.69, 9.17) is 4.74 Å². The van der Waals surface area contributed by atoms with Crippen molar-refractivity contribution >= 4 is 35.8 Å². The lowest BCUT2D eigenvalue weighted by Crippen LogP contribution is -2.42. The first kappa shape index (κ1) is 25.7. The molecule has 2 rings (SSSR count). The smallest absolute Gasteiger partial charge is 0.224 e. The third kappa shape index (κ3) is 8.98. The van der Waals surface area contributed by atoms with Gasteiger partial charge in [0.05, 0.1) is 13.0 Å². The molecule has 0 unspecified atom stereocenters. The van der Waals surface area contributed by atoms with E-state index in [1.807, 2.05) is 43.1 Å². The Bertz CT molecular complexity index is 798. The van der Waals surface area contributed by atoms with Gasteiger partial charge in [-0.1, -0.05) is 24.3 Å². The summed E-state index contributed by atoms with van der Waals surface area (Å²) in [5, 5.41) is 6.08. The summed E-state index contributed by atoms with van der Waals surface area (Å²) in [5.41, 5.74) is 1.93. The van der Waals surface area contributed by atoms with Gasteiger partial charge in [-0.15, -0.1) is 24.0 Å². The Morgan fingerprint density at radius 1 is 1.03 bits per heavy atom. The number of hydrogen-bond donors (Lipinski definition) is 2. The molecule has 0 radical (unpaired) electrons. The molecule has 0 saturated heterocycles. The number of rotatable bonds is 9. The Hall–Kier alpha value is -2.36. The van der Waals surface area contributed by atoms with E-state index in [0.29, 0.717) is 26.2 Å². The van der Waals surface area contributed by atoms with Crippen molar-refractivity contribution in [2.45, 2.75) is 19.9 Å². The van der Waals surface area contributed by atoms with Gasteiger partial charge in [-0.2, -0.15) is 0 Å². The number of carbonyl (C=O) groups is 1. The molecule has 0 bridgehead atoms. The van der Waals surface area contributed by atoms with Crippen molar-refractivity contribution in [3.8, 4) is 5.75 Å². The predicted molar refractivity (Wildman–Crippen MR) is 129 cm³/mol. The zero-order valence-electron chi connectivity index (χ0n) is 17.7. The molecule has 0 aliphatic carbocycles. The van der Waals surface area contributed by atoms with Gasteiger partial charge in [0.15, 0.2) is 5.96 Å². The second-order valence-corrected chi connectivity index (χ2v) is 6.56. The van der Waals surface area contributed by atoms with Gasteiger partial charge in [-0.05, 0) is 42.3 Å². The largest absolute Gasteiger partial charge is 0.494 e. The molecule has 0 heterocycles. The lowest BCUT2D eigenvalue weighted by molar-refractivity contribution is -0.120. The number of ether oxygens (including phenoxy) is 1. The molecule has 0 aromatic heterocycles. The van der Waals surface area contributed by atoms with Crippen molar-refractivity contribution in [3.05, 3.63) is 65.5 Å². The first-order valence-electron chi connectivity index (χ1n) is 9.66. The molecule has 2 aromatic rings. The summed E-state index contributed by atoms with van der Waals surface area (Å²) in [7, 11) is 3.68. The highest BCUT2D eigenvalue weighted by Crippen LogP contribution is 2.13. The zero-order chi connectivity index (χ0) is 21.1. The molecule has 6 nitrogen and oxygen atoms in total. The van der Waals surface area contributed by atoms with Crippen LogP contribution in [0, 0.1) is 5.82 Å². The highest BCUT2D eigenvalue weighted by molar-refractivity contribution is 14.0. The normalized spacial score (nSPS) is 10.7. The molecular weight excluding hydrogens is 498 g/mol. The van der Waals surface area contributed by atoms with Crippen LogP contribution in [-0.4, -0.2) is 50.6 Å². The maximum absolute atomic E-state index is 12.9. The fraction of sp³-hybridized carbons (Fsp3) is 0.364. The van der Waals surface area contributed by atoms with Crippen LogP contribution in [0.1, 0.15) is 18.1 Å². The van der Waals surface area contributed by atoms with E-state index in [2.05, 4.69) is 15.6 Å². The van der Waals surface area contributed by atoms with E-state index >= 15 is 0 Å². The van der Waals surface area contributed by atoms with Crippen LogP contribution in [0.5, 0.6) is 5.75 Å². The molecule has 0 fully saturated rings. The van der Waals surface area contributed by atoms with Crippen LogP contribution in [-0.2, 0) is 17.8 Å². The van der Waals surface area contributed by atoms with Crippen LogP contribution in [0.3, 0.4) is 0 Å². The number of nitrogens with one attached hydrogen (secondary N) is 2. The molecule has 2 N–H and O–H groups in total. The van der Waals surface area contributed by atoms with Crippen molar-refractivity contribution in [1.82, 2.24) is 15.5 Å². The third-order valence-corrected chi connectivity index (χ3v) is 4.24. The Labute approximate surface area is 194 Å². The number of aliphatic imine (C=N–C) groups is 1. The van der Waals surface area contributed by atoms with Crippen LogP contribution in [0.15, 0.2) is 53.5 Å². The highest BCUT2D eigenvalue weighted by Gasteiger charge is 2.07. The average molecular weight is 528 g/mol. The number of carbonyl (C=O) groups excluding carboxylic acids is 1. The number of guanidine groups is 1. The average Bonchev–Trinajstić information content (AvgIpc) is 2.71. The minimum Gasteiger partial charge on any atom is -0.494 e. The van der Waals surface area contributed by atoms with Crippen molar-refractivity contribution in [1.29, 1.82) is 0 Å². The molecule has 0 saturated carbocycles. The third-order valence-electron chi connectivity index (χ3n) is 4.24. The van der Waals surface area contributed by atoms with Crippen molar-refractivity contribution in [3.63, 3.8) is 0 Å². The molecular formula is C22H30FIN4O2. The van der Waals surface area contributed by atoms with E-state index in [1.165, 1.54) is 12.1 Å². The standard InChI is InChI=1S/C22H29FN4O2.HI/c1-4-29-20-11-7-18(8-12-20)16-27(3)22(24-2)26-14-13-25-21(28)15-17-5-9-19(23)10-6-17;/h5-12H,4,13-16H2,1-3H3,(H,24,26)(H,25,28);1H. The first-order chi connectivity index (χ1) is 14.0. The summed E-state index contributed by atoms with van der Waals surface area (Å²) in [6.07, 6.45) is 0.229. The van der Waals surface area contributed by atoms with Crippen LogP contribution in [0.25, 0.3) is 0 Å². The SMILES string of the molecule is CCOc1ccc(CN(C)C(=NC)NCCNC(=O)Cc2ccc(F)cc2)cc1.I. The van der Waals surface area contributed by atoms with E-state index in [0.717, 1.165) is 22.8 Å². The summed E-state index contributed by atoms with van der Waals surface area (Å²) in [6, 6.07) is 13.9. The van der Waals surface area contributed by atoms with Crippen molar-refractivity contribution in [2.75, 3.05) is 33.8 Å². The predicted octanol–water partition coefficient (Wildman–Crippen LogP) is 3.21. The summed E-state index contributed by atoms with van der Waals surface area (Å²) >= 11 is 0. The van der Waals surface area contributed by atoms with Gasteiger partial charge in [-0.25, -0.2) is 4.39 Å². The second-order valence-electron chi connectivity index (χ2n) is 6.56. The van der Waals surface area contributed by atoms with Crippen LogP contribution in [0.2, 0.25) is 0 Å². The molecule has 0 aliphatic rings. The highest BCUT2D eigenvalue weighted by atomic mass is 127. The Morgan fingerprint density at radius 2 is 1.63 bits per heavy atom. The monoisotopic (exact) mass is 528 g/mol. The van der Waals surface area contributed by atoms with Crippen molar-refractivity contribution in [2.24, 2.45) is 4.99 Å². The first-order valence-corrected chi connectivity index (χ1v) is 9.66. The molecule has 30 heavy (non-hydrogen) atoms. The van der Waals surface area contributed by atoms with Gasteiger partial charge in [-0.3, -0.25) is 9.79 Å². The molecule has 2 aromatic carbocycles. The van der Waals surface area contributed by atoms with Crippen LogP contribution in [0.4, 0.5) is 4.39 Å². The summed E-state index contributed by atoms with van der Waals surface area (Å²) in [6.45, 7) is 4.33. The number of amides is 1. The van der Waals surface area contributed by atoms with Crippen LogP contribution >= 0.6 is 24.0 Å². The minimum absolute atomic E-state index is 0. The van der Waals surface area contributed by atoms with E-state index in [9.17, 15) is 9.18 Å². The fourth-order valence-electron chi connectivity index (χ4n) is 2.82. The Kier molecular flexibility index (Phi) is 11.8. The topological polar surface area (TPSA) is 66.0 Å². The number of halogens is 2. The molecule has 164 valence electrons. The zero-order valence-corrected chi connectivity index (χ0v) is 20.0. The van der Waals surface area contributed by atoms with Gasteiger partial charge in [0.25, 0.3) is 0 Å². The molecule has 0 aliphatic heterocycles. The maximum Gasteiger partial charge on any atom is 0.224 e. The number of nitrogens with zero attached hydrogens (tertiary/aromatic N) is 2. The van der Waals surface area contributed by atoms with E-state index < -0.39 is 0 Å². The summed E-state index contributed by atoms with van der Waals surface area (Å²) in [4.78, 5) is 18.3. The summed E-state index contributed by atoms with van der Waals surface area (Å²) in [5.74, 6) is 1.19. The molecule has 1 amide bonds. The lowest BCUT2D eigenvalue weighted by Gasteiger charge is -2.22. The summed E-state index contributed by atoms with van der Waals surface area (Å²) < 4.78 is 18.4.